The van der Waals surface area contributed by atoms with E-state index >= 15 is 0 Å². The topological polar surface area (TPSA) is 38.6 Å². The number of thiazole rings is 1. The number of hydrogen-bond acceptors (Lipinski definition) is 4. The van der Waals surface area contributed by atoms with Crippen LogP contribution in [0, 0.1) is 6.92 Å². The van der Waals surface area contributed by atoms with Gasteiger partial charge in [-0.2, -0.15) is 0 Å². The molecule has 5 heteroatoms. The molecule has 0 bridgehead atoms. The first-order valence-corrected chi connectivity index (χ1v) is 6.83. The van der Waals surface area contributed by atoms with Crippen LogP contribution in [-0.2, 0) is 11.3 Å². The maximum absolute atomic E-state index is 5.28. The highest BCUT2D eigenvalue weighted by molar-refractivity contribution is 7.15. The maximum atomic E-state index is 5.28. The fourth-order valence-electron chi connectivity index (χ4n) is 2.32. The van der Waals surface area contributed by atoms with Crippen molar-refractivity contribution in [1.29, 1.82) is 0 Å². The highest BCUT2D eigenvalue weighted by Crippen LogP contribution is 2.23. The van der Waals surface area contributed by atoms with Crippen molar-refractivity contribution < 1.29 is 4.74 Å². The molecule has 17 heavy (non-hydrogen) atoms. The molecule has 0 unspecified atom stereocenters. The molecule has 0 amide bonds. The Kier molecular flexibility index (Phi) is 2.90. The molecule has 92 valence electrons. The molecule has 1 fully saturated rings. The Morgan fingerprint density at radius 2 is 2.41 bits per heavy atom. The lowest BCUT2D eigenvalue weighted by Gasteiger charge is -2.34. The van der Waals surface area contributed by atoms with Gasteiger partial charge >= 0.3 is 0 Å². The predicted octanol–water partition coefficient (Wildman–Crippen LogP) is 1.97. The summed E-state index contributed by atoms with van der Waals surface area (Å²) in [4.78, 5) is 5.63. The highest BCUT2D eigenvalue weighted by atomic mass is 32.1. The molecule has 0 radical (unpaired) electrons. The number of aromatic nitrogens is 2. The zero-order valence-electron chi connectivity index (χ0n) is 10.1. The molecule has 4 nitrogen and oxygen atoms in total. The van der Waals surface area contributed by atoms with Crippen LogP contribution < -0.4 is 5.32 Å². The summed E-state index contributed by atoms with van der Waals surface area (Å²) in [6.07, 6.45) is 4.80. The van der Waals surface area contributed by atoms with Crippen molar-refractivity contribution in [2.75, 3.05) is 7.11 Å². The Morgan fingerprint density at radius 3 is 3.18 bits per heavy atom. The summed E-state index contributed by atoms with van der Waals surface area (Å²) in [5, 5.41) is 5.65. The van der Waals surface area contributed by atoms with Crippen molar-refractivity contribution in [2.45, 2.75) is 38.5 Å². The highest BCUT2D eigenvalue weighted by Gasteiger charge is 2.28. The summed E-state index contributed by atoms with van der Waals surface area (Å²) in [6.45, 7) is 2.97. The minimum Gasteiger partial charge on any atom is -0.381 e. The van der Waals surface area contributed by atoms with Crippen molar-refractivity contribution >= 4 is 16.3 Å². The van der Waals surface area contributed by atoms with Gasteiger partial charge < -0.3 is 10.1 Å². The maximum Gasteiger partial charge on any atom is 0.194 e. The molecule has 1 N–H and O–H groups in total. The number of fused-ring (bicyclic) bond motifs is 1. The van der Waals surface area contributed by atoms with Crippen LogP contribution in [0.25, 0.3) is 4.96 Å². The Morgan fingerprint density at radius 1 is 1.59 bits per heavy atom. The van der Waals surface area contributed by atoms with Gasteiger partial charge in [0.2, 0.25) is 0 Å². The van der Waals surface area contributed by atoms with E-state index in [1.54, 1.807) is 18.4 Å². The minimum atomic E-state index is 0.459. The second-order valence-corrected chi connectivity index (χ2v) is 5.48. The Labute approximate surface area is 105 Å². The predicted molar refractivity (Wildman–Crippen MR) is 68.5 cm³/mol. The molecule has 3 rings (SSSR count). The van der Waals surface area contributed by atoms with E-state index in [1.165, 1.54) is 5.69 Å². The molecule has 0 saturated heterocycles. The largest absolute Gasteiger partial charge is 0.381 e. The Bertz CT molecular complexity index is 513. The molecular formula is C12H17N3OS. The fourth-order valence-corrected chi connectivity index (χ4v) is 3.10. The normalized spacial score (nSPS) is 24.1. The third kappa shape index (κ3) is 1.99. The van der Waals surface area contributed by atoms with Crippen LogP contribution in [0.2, 0.25) is 0 Å². The van der Waals surface area contributed by atoms with Crippen molar-refractivity contribution in [3.8, 4) is 0 Å². The summed E-state index contributed by atoms with van der Waals surface area (Å²) in [5.74, 6) is 0. The quantitative estimate of drug-likeness (QED) is 0.903. The summed E-state index contributed by atoms with van der Waals surface area (Å²) < 4.78 is 7.46. The van der Waals surface area contributed by atoms with Crippen LogP contribution >= 0.6 is 11.3 Å². The number of aryl methyl sites for hydroxylation is 1. The summed E-state index contributed by atoms with van der Waals surface area (Å²) in [6, 6.07) is 0.600. The van der Waals surface area contributed by atoms with E-state index in [0.717, 1.165) is 30.0 Å². The van der Waals surface area contributed by atoms with E-state index in [4.69, 9.17) is 4.74 Å². The van der Waals surface area contributed by atoms with E-state index in [2.05, 4.69) is 33.2 Å². The third-order valence-corrected chi connectivity index (χ3v) is 4.30. The van der Waals surface area contributed by atoms with Crippen LogP contribution in [-0.4, -0.2) is 28.6 Å². The first kappa shape index (κ1) is 11.2. The molecule has 0 aliphatic heterocycles. The summed E-state index contributed by atoms with van der Waals surface area (Å²) >= 11 is 1.68. The molecule has 0 aromatic carbocycles. The molecule has 1 aliphatic carbocycles. The number of hydrogen-bond donors (Lipinski definition) is 1. The number of nitrogens with zero attached hydrogens (tertiary/aromatic N) is 2. The van der Waals surface area contributed by atoms with E-state index in [0.29, 0.717) is 12.1 Å². The summed E-state index contributed by atoms with van der Waals surface area (Å²) in [5.41, 5.74) is 2.41. The smallest absolute Gasteiger partial charge is 0.194 e. The molecule has 2 aromatic rings. The number of nitrogens with one attached hydrogen (secondary N) is 1. The average Bonchev–Trinajstić information content (AvgIpc) is 2.78. The van der Waals surface area contributed by atoms with Gasteiger partial charge in [-0.15, -0.1) is 11.3 Å². The molecule has 2 heterocycles. The zero-order valence-corrected chi connectivity index (χ0v) is 11.0. The van der Waals surface area contributed by atoms with Crippen LogP contribution in [0.5, 0.6) is 0 Å². The van der Waals surface area contributed by atoms with Crippen molar-refractivity contribution in [2.24, 2.45) is 0 Å². The number of imidazole rings is 1. The van der Waals surface area contributed by atoms with Crippen molar-refractivity contribution in [3.63, 3.8) is 0 Å². The monoisotopic (exact) mass is 251 g/mol. The standard InChI is InChI=1S/C12H17N3OS/c1-8-11(15-3-4-17-12(15)14-8)7-13-9-5-10(6-9)16-2/h3-4,9-10,13H,5-7H2,1-2H3. The van der Waals surface area contributed by atoms with Gasteiger partial charge in [-0.05, 0) is 19.8 Å². The van der Waals surface area contributed by atoms with Gasteiger partial charge in [0.25, 0.3) is 0 Å². The molecular weight excluding hydrogens is 234 g/mol. The van der Waals surface area contributed by atoms with Gasteiger partial charge in [-0.1, -0.05) is 0 Å². The first-order chi connectivity index (χ1) is 8.28. The van der Waals surface area contributed by atoms with Gasteiger partial charge in [-0.3, -0.25) is 4.40 Å². The van der Waals surface area contributed by atoms with Gasteiger partial charge in [0.15, 0.2) is 4.96 Å². The Balaban J connectivity index is 1.65. The van der Waals surface area contributed by atoms with Crippen LogP contribution in [0.1, 0.15) is 24.2 Å². The first-order valence-electron chi connectivity index (χ1n) is 5.95. The molecule has 1 saturated carbocycles. The Hall–Kier alpha value is -0.910. The molecule has 0 atom stereocenters. The van der Waals surface area contributed by atoms with Gasteiger partial charge in [-0.25, -0.2) is 4.98 Å². The fraction of sp³-hybridized carbons (Fsp3) is 0.583. The molecule has 1 aliphatic rings. The van der Waals surface area contributed by atoms with Crippen LogP contribution in [0.4, 0.5) is 0 Å². The van der Waals surface area contributed by atoms with Gasteiger partial charge in [0.1, 0.15) is 0 Å². The third-order valence-electron chi connectivity index (χ3n) is 3.55. The average molecular weight is 251 g/mol. The van der Waals surface area contributed by atoms with E-state index < -0.39 is 0 Å². The van der Waals surface area contributed by atoms with E-state index in [1.807, 2.05) is 0 Å². The molecule has 0 spiro atoms. The lowest BCUT2D eigenvalue weighted by atomic mass is 9.89. The van der Waals surface area contributed by atoms with Crippen molar-refractivity contribution in [3.05, 3.63) is 23.0 Å². The number of methoxy groups -OCH3 is 1. The number of ether oxygens (including phenoxy) is 1. The number of rotatable bonds is 4. The lowest BCUT2D eigenvalue weighted by Crippen LogP contribution is -2.44. The summed E-state index contributed by atoms with van der Waals surface area (Å²) in [7, 11) is 1.79. The van der Waals surface area contributed by atoms with Crippen molar-refractivity contribution in [1.82, 2.24) is 14.7 Å². The molecule has 2 aromatic heterocycles. The minimum absolute atomic E-state index is 0.459. The van der Waals surface area contributed by atoms with E-state index in [9.17, 15) is 0 Å². The van der Waals surface area contributed by atoms with Crippen LogP contribution in [0.3, 0.4) is 0 Å². The lowest BCUT2D eigenvalue weighted by molar-refractivity contribution is 0.0169. The van der Waals surface area contributed by atoms with Crippen LogP contribution in [0.15, 0.2) is 11.6 Å². The van der Waals surface area contributed by atoms with Gasteiger partial charge in [0, 0.05) is 31.3 Å². The second-order valence-electron chi connectivity index (χ2n) is 4.61. The van der Waals surface area contributed by atoms with E-state index in [-0.39, 0.29) is 0 Å². The van der Waals surface area contributed by atoms with Gasteiger partial charge in [0.05, 0.1) is 17.5 Å². The SMILES string of the molecule is COC1CC(NCc2c(C)nc3sccn23)C1. The zero-order chi connectivity index (χ0) is 11.8. The second kappa shape index (κ2) is 4.40.